The first-order valence-corrected chi connectivity index (χ1v) is 6.38. The van der Waals surface area contributed by atoms with E-state index in [9.17, 15) is 9.90 Å². The molecule has 1 aromatic rings. The lowest BCUT2D eigenvalue weighted by molar-refractivity contribution is 0.0725. The van der Waals surface area contributed by atoms with Crippen molar-refractivity contribution in [2.45, 2.75) is 45.6 Å². The van der Waals surface area contributed by atoms with E-state index in [4.69, 9.17) is 0 Å². The van der Waals surface area contributed by atoms with Crippen molar-refractivity contribution in [2.75, 3.05) is 0 Å². The van der Waals surface area contributed by atoms with E-state index in [-0.39, 0.29) is 5.78 Å². The summed E-state index contributed by atoms with van der Waals surface area (Å²) in [6, 6.07) is 9.00. The topological polar surface area (TPSA) is 37.3 Å². The molecule has 0 saturated heterocycles. The molecule has 0 heterocycles. The second kappa shape index (κ2) is 7.23. The maximum absolute atomic E-state index is 11.8. The van der Waals surface area contributed by atoms with E-state index >= 15 is 0 Å². The molecule has 0 radical (unpaired) electrons. The number of carbonyl (C=O) groups is 1. The number of aliphatic hydroxyl groups excluding tert-OH is 1. The summed E-state index contributed by atoms with van der Waals surface area (Å²) in [5, 5.41) is 9.79. The highest BCUT2D eigenvalue weighted by Crippen LogP contribution is 2.12. The maximum atomic E-state index is 11.8. The Hall–Kier alpha value is -1.15. The summed E-state index contributed by atoms with van der Waals surface area (Å²) in [7, 11) is 0. The van der Waals surface area contributed by atoms with Crippen molar-refractivity contribution in [2.24, 2.45) is 5.92 Å². The molecule has 1 aromatic carbocycles. The molecule has 0 aromatic heterocycles. The summed E-state index contributed by atoms with van der Waals surface area (Å²) in [4.78, 5) is 11.8. The number of Topliss-reactive ketones (excluding diaryl/α,β-unsaturated/α-hetero) is 1. The summed E-state index contributed by atoms with van der Waals surface area (Å²) in [5.41, 5.74) is 0.601. The fourth-order valence-electron chi connectivity index (χ4n) is 1.82. The van der Waals surface area contributed by atoms with Gasteiger partial charge < -0.3 is 5.11 Å². The molecular formula is C15H22O2. The van der Waals surface area contributed by atoms with Gasteiger partial charge in [0.2, 0.25) is 0 Å². The quantitative estimate of drug-likeness (QED) is 0.579. The molecule has 1 N–H and O–H groups in total. The number of ketones is 1. The minimum absolute atomic E-state index is 0.157. The molecule has 1 unspecified atom stereocenters. The van der Waals surface area contributed by atoms with Gasteiger partial charge in [-0.25, -0.2) is 0 Å². The Bertz CT molecular complexity index is 330. The third-order valence-corrected chi connectivity index (χ3v) is 2.87. The minimum Gasteiger partial charge on any atom is -0.385 e. The lowest BCUT2D eigenvalue weighted by atomic mass is 9.99. The van der Waals surface area contributed by atoms with Crippen molar-refractivity contribution in [3.63, 3.8) is 0 Å². The third-order valence-electron chi connectivity index (χ3n) is 2.87. The van der Waals surface area contributed by atoms with Crippen LogP contribution < -0.4 is 0 Å². The van der Waals surface area contributed by atoms with E-state index in [0.29, 0.717) is 17.9 Å². The molecule has 0 fully saturated rings. The first kappa shape index (κ1) is 13.9. The number of carbonyl (C=O) groups excluding carboxylic acids is 1. The summed E-state index contributed by atoms with van der Waals surface area (Å²) < 4.78 is 0. The van der Waals surface area contributed by atoms with E-state index < -0.39 is 6.10 Å². The zero-order chi connectivity index (χ0) is 12.7. The summed E-state index contributed by atoms with van der Waals surface area (Å²) >= 11 is 0. The Morgan fingerprint density at radius 3 is 2.29 bits per heavy atom. The molecule has 0 amide bonds. The molecule has 2 nitrogen and oxygen atoms in total. The molecule has 0 aliphatic rings. The zero-order valence-electron chi connectivity index (χ0n) is 10.7. The van der Waals surface area contributed by atoms with Crippen molar-refractivity contribution >= 4 is 5.78 Å². The van der Waals surface area contributed by atoms with Crippen LogP contribution in [0.3, 0.4) is 0 Å². The van der Waals surface area contributed by atoms with Gasteiger partial charge in [-0.2, -0.15) is 0 Å². The predicted octanol–water partition coefficient (Wildman–Crippen LogP) is 3.45. The highest BCUT2D eigenvalue weighted by molar-refractivity contribution is 5.99. The van der Waals surface area contributed by atoms with Crippen LogP contribution >= 0.6 is 0 Å². The van der Waals surface area contributed by atoms with Crippen LogP contribution in [0.15, 0.2) is 30.3 Å². The van der Waals surface area contributed by atoms with Crippen LogP contribution in [0.25, 0.3) is 0 Å². The van der Waals surface area contributed by atoms with Crippen LogP contribution in [0, 0.1) is 5.92 Å². The largest absolute Gasteiger partial charge is 0.385 e. The van der Waals surface area contributed by atoms with E-state index in [1.165, 1.54) is 0 Å². The number of aliphatic hydroxyl groups is 1. The van der Waals surface area contributed by atoms with Crippen molar-refractivity contribution < 1.29 is 9.90 Å². The molecule has 0 saturated carbocycles. The van der Waals surface area contributed by atoms with Gasteiger partial charge in [0.1, 0.15) is 6.10 Å². The minimum atomic E-state index is -0.843. The van der Waals surface area contributed by atoms with Gasteiger partial charge >= 0.3 is 0 Å². The average molecular weight is 234 g/mol. The van der Waals surface area contributed by atoms with Gasteiger partial charge in [0, 0.05) is 5.56 Å². The average Bonchev–Trinajstić information content (AvgIpc) is 2.34. The standard InChI is InChI=1S/C15H22O2/c1-12(2)8-6-7-11-14(16)15(17)13-9-4-3-5-10-13/h3-5,9-10,12,14,16H,6-8,11H2,1-2H3. The van der Waals surface area contributed by atoms with Crippen molar-refractivity contribution in [3.05, 3.63) is 35.9 Å². The van der Waals surface area contributed by atoms with E-state index in [1.807, 2.05) is 18.2 Å². The Balaban J connectivity index is 2.33. The summed E-state index contributed by atoms with van der Waals surface area (Å²) in [5.74, 6) is 0.534. The Labute approximate surface area is 104 Å². The molecular weight excluding hydrogens is 212 g/mol. The second-order valence-electron chi connectivity index (χ2n) is 4.92. The first-order valence-electron chi connectivity index (χ1n) is 6.38. The van der Waals surface area contributed by atoms with Crippen LogP contribution in [0.5, 0.6) is 0 Å². The molecule has 1 atom stereocenters. The van der Waals surface area contributed by atoms with Crippen molar-refractivity contribution in [1.82, 2.24) is 0 Å². The SMILES string of the molecule is CC(C)CCCCC(O)C(=O)c1ccccc1. The number of hydrogen-bond donors (Lipinski definition) is 1. The Morgan fingerprint density at radius 2 is 1.71 bits per heavy atom. The van der Waals surface area contributed by atoms with E-state index in [1.54, 1.807) is 12.1 Å². The smallest absolute Gasteiger partial charge is 0.191 e. The monoisotopic (exact) mass is 234 g/mol. The second-order valence-corrected chi connectivity index (χ2v) is 4.92. The van der Waals surface area contributed by atoms with Gasteiger partial charge in [-0.1, -0.05) is 63.4 Å². The maximum Gasteiger partial charge on any atom is 0.191 e. The van der Waals surface area contributed by atoms with Crippen LogP contribution in [0.4, 0.5) is 0 Å². The molecule has 0 spiro atoms. The predicted molar refractivity (Wildman–Crippen MR) is 70.1 cm³/mol. The molecule has 0 bridgehead atoms. The van der Waals surface area contributed by atoms with Gasteiger partial charge in [-0.15, -0.1) is 0 Å². The molecule has 2 heteroatoms. The summed E-state index contributed by atoms with van der Waals surface area (Å²) in [6.45, 7) is 4.37. The fourth-order valence-corrected chi connectivity index (χ4v) is 1.82. The Kier molecular flexibility index (Phi) is 5.92. The van der Waals surface area contributed by atoms with E-state index in [2.05, 4.69) is 13.8 Å². The first-order chi connectivity index (χ1) is 8.11. The third kappa shape index (κ3) is 5.14. The fraction of sp³-hybridized carbons (Fsp3) is 0.533. The van der Waals surface area contributed by atoms with E-state index in [0.717, 1.165) is 19.3 Å². The van der Waals surface area contributed by atoms with Crippen LogP contribution in [-0.2, 0) is 0 Å². The number of unbranched alkanes of at least 4 members (excludes halogenated alkanes) is 1. The Morgan fingerprint density at radius 1 is 1.12 bits per heavy atom. The zero-order valence-corrected chi connectivity index (χ0v) is 10.7. The number of rotatable bonds is 7. The molecule has 94 valence electrons. The van der Waals surface area contributed by atoms with Gasteiger partial charge in [0.15, 0.2) is 5.78 Å². The van der Waals surface area contributed by atoms with Crippen LogP contribution in [-0.4, -0.2) is 17.0 Å². The van der Waals surface area contributed by atoms with Crippen LogP contribution in [0.1, 0.15) is 49.9 Å². The number of hydrogen-bond acceptors (Lipinski definition) is 2. The van der Waals surface area contributed by atoms with Gasteiger partial charge in [-0.3, -0.25) is 4.79 Å². The van der Waals surface area contributed by atoms with Crippen molar-refractivity contribution in [3.8, 4) is 0 Å². The van der Waals surface area contributed by atoms with Crippen LogP contribution in [0.2, 0.25) is 0 Å². The van der Waals surface area contributed by atoms with Gasteiger partial charge in [0.25, 0.3) is 0 Å². The normalized spacial score (nSPS) is 12.7. The molecule has 0 aliphatic carbocycles. The van der Waals surface area contributed by atoms with Crippen molar-refractivity contribution in [1.29, 1.82) is 0 Å². The molecule has 1 rings (SSSR count). The highest BCUT2D eigenvalue weighted by atomic mass is 16.3. The van der Waals surface area contributed by atoms with Gasteiger partial charge in [-0.05, 0) is 12.3 Å². The molecule has 17 heavy (non-hydrogen) atoms. The molecule has 0 aliphatic heterocycles. The lowest BCUT2D eigenvalue weighted by Crippen LogP contribution is -2.20. The lowest BCUT2D eigenvalue weighted by Gasteiger charge is -2.10. The number of benzene rings is 1. The van der Waals surface area contributed by atoms with Gasteiger partial charge in [0.05, 0.1) is 0 Å². The summed E-state index contributed by atoms with van der Waals surface area (Å²) in [6.07, 6.45) is 2.88. The highest BCUT2D eigenvalue weighted by Gasteiger charge is 2.15.